The van der Waals surface area contributed by atoms with Gasteiger partial charge in [0.2, 0.25) is 5.91 Å². The van der Waals surface area contributed by atoms with Gasteiger partial charge in [-0.05, 0) is 43.2 Å². The van der Waals surface area contributed by atoms with E-state index in [0.29, 0.717) is 34.0 Å². The van der Waals surface area contributed by atoms with Crippen molar-refractivity contribution in [1.82, 2.24) is 0 Å². The Morgan fingerprint density at radius 3 is 2.54 bits per heavy atom. The highest BCUT2D eigenvalue weighted by atomic mass is 35.5. The zero-order valence-electron chi connectivity index (χ0n) is 13.5. The Bertz CT molecular complexity index is 762. The highest BCUT2D eigenvalue weighted by Crippen LogP contribution is 2.25. The Morgan fingerprint density at radius 1 is 1.21 bits per heavy atom. The number of ether oxygens (including phenoxy) is 1. The van der Waals surface area contributed by atoms with Crippen LogP contribution in [0.1, 0.15) is 29.3 Å². The van der Waals surface area contributed by atoms with Crippen molar-refractivity contribution in [2.45, 2.75) is 26.4 Å². The van der Waals surface area contributed by atoms with Gasteiger partial charge in [-0.25, -0.2) is 0 Å². The van der Waals surface area contributed by atoms with Gasteiger partial charge in [0.25, 0.3) is 5.91 Å². The summed E-state index contributed by atoms with van der Waals surface area (Å²) in [6.07, 6.45) is -0.243. The summed E-state index contributed by atoms with van der Waals surface area (Å²) in [7, 11) is 0. The van der Waals surface area contributed by atoms with Crippen LogP contribution in [-0.2, 0) is 4.79 Å². The van der Waals surface area contributed by atoms with E-state index in [-0.39, 0.29) is 5.91 Å². The molecule has 0 fully saturated rings. The van der Waals surface area contributed by atoms with E-state index < -0.39 is 12.0 Å². The molecule has 126 valence electrons. The summed E-state index contributed by atoms with van der Waals surface area (Å²) in [6.45, 7) is 3.57. The average molecular weight is 347 g/mol. The largest absolute Gasteiger partial charge is 0.479 e. The van der Waals surface area contributed by atoms with Crippen LogP contribution >= 0.6 is 11.6 Å². The van der Waals surface area contributed by atoms with E-state index in [1.807, 2.05) is 6.92 Å². The first kappa shape index (κ1) is 17.8. The SMILES string of the molecule is CCC(Oc1ccccc1Cl)C(=O)Nc1cccc(C(N)=O)c1C. The van der Waals surface area contributed by atoms with Crippen LogP contribution in [0.15, 0.2) is 42.5 Å². The fourth-order valence-electron chi connectivity index (χ4n) is 2.27. The maximum absolute atomic E-state index is 12.5. The van der Waals surface area contributed by atoms with E-state index >= 15 is 0 Å². The van der Waals surface area contributed by atoms with Crippen LogP contribution < -0.4 is 15.8 Å². The lowest BCUT2D eigenvalue weighted by Gasteiger charge is -2.19. The first-order valence-corrected chi connectivity index (χ1v) is 7.93. The summed E-state index contributed by atoms with van der Waals surface area (Å²) in [6, 6.07) is 12.0. The van der Waals surface area contributed by atoms with E-state index in [1.165, 1.54) is 0 Å². The van der Waals surface area contributed by atoms with E-state index in [1.54, 1.807) is 49.4 Å². The number of hydrogen-bond acceptors (Lipinski definition) is 3. The molecule has 1 unspecified atom stereocenters. The second-order valence-electron chi connectivity index (χ2n) is 5.28. The number of amides is 2. The lowest BCUT2D eigenvalue weighted by Crippen LogP contribution is -2.32. The molecule has 0 aliphatic carbocycles. The Balaban J connectivity index is 2.17. The second kappa shape index (κ2) is 7.84. The highest BCUT2D eigenvalue weighted by molar-refractivity contribution is 6.32. The van der Waals surface area contributed by atoms with E-state index in [0.717, 1.165) is 0 Å². The number of nitrogens with one attached hydrogen (secondary N) is 1. The first-order chi connectivity index (χ1) is 11.4. The number of hydrogen-bond donors (Lipinski definition) is 2. The van der Waals surface area contributed by atoms with Crippen molar-refractivity contribution in [1.29, 1.82) is 0 Å². The number of carbonyl (C=O) groups is 2. The van der Waals surface area contributed by atoms with Gasteiger partial charge in [-0.15, -0.1) is 0 Å². The molecule has 0 aliphatic rings. The number of para-hydroxylation sites is 1. The molecular formula is C18H19ClN2O3. The fourth-order valence-corrected chi connectivity index (χ4v) is 2.45. The van der Waals surface area contributed by atoms with E-state index in [2.05, 4.69) is 5.32 Å². The Hall–Kier alpha value is -2.53. The van der Waals surface area contributed by atoms with Crippen LogP contribution in [-0.4, -0.2) is 17.9 Å². The number of rotatable bonds is 6. The molecule has 0 saturated heterocycles. The van der Waals surface area contributed by atoms with Crippen molar-refractivity contribution in [3.63, 3.8) is 0 Å². The third-order valence-electron chi connectivity index (χ3n) is 3.63. The van der Waals surface area contributed by atoms with Crippen LogP contribution in [0.25, 0.3) is 0 Å². The molecule has 2 aromatic carbocycles. The molecule has 2 aromatic rings. The second-order valence-corrected chi connectivity index (χ2v) is 5.68. The number of benzene rings is 2. The molecule has 0 spiro atoms. The van der Waals surface area contributed by atoms with Gasteiger partial charge in [0.15, 0.2) is 6.10 Å². The van der Waals surface area contributed by atoms with Crippen molar-refractivity contribution in [3.05, 3.63) is 58.6 Å². The number of primary amides is 1. The predicted molar refractivity (Wildman–Crippen MR) is 94.5 cm³/mol. The van der Waals surface area contributed by atoms with E-state index in [9.17, 15) is 9.59 Å². The van der Waals surface area contributed by atoms with Crippen molar-refractivity contribution >= 4 is 29.1 Å². The molecule has 24 heavy (non-hydrogen) atoms. The minimum atomic E-state index is -0.707. The monoisotopic (exact) mass is 346 g/mol. The number of nitrogens with two attached hydrogens (primary N) is 1. The molecule has 3 N–H and O–H groups in total. The van der Waals surface area contributed by atoms with Gasteiger partial charge in [-0.2, -0.15) is 0 Å². The molecular weight excluding hydrogens is 328 g/mol. The van der Waals surface area contributed by atoms with Gasteiger partial charge in [-0.1, -0.05) is 36.7 Å². The number of halogens is 1. The summed E-state index contributed by atoms with van der Waals surface area (Å²) < 4.78 is 5.71. The van der Waals surface area contributed by atoms with Gasteiger partial charge in [0.1, 0.15) is 5.75 Å². The standard InChI is InChI=1S/C18H19ClN2O3/c1-3-15(24-16-10-5-4-8-13(16)19)18(23)21-14-9-6-7-12(11(14)2)17(20)22/h4-10,15H,3H2,1-2H3,(H2,20,22)(H,21,23). The minimum absolute atomic E-state index is 0.317. The highest BCUT2D eigenvalue weighted by Gasteiger charge is 2.21. The Kier molecular flexibility index (Phi) is 5.82. The molecule has 0 saturated carbocycles. The smallest absolute Gasteiger partial charge is 0.265 e. The summed E-state index contributed by atoms with van der Waals surface area (Å²) in [4.78, 5) is 23.9. The predicted octanol–water partition coefficient (Wildman–Crippen LogP) is 3.54. The zero-order valence-corrected chi connectivity index (χ0v) is 14.3. The molecule has 0 radical (unpaired) electrons. The van der Waals surface area contributed by atoms with Crippen molar-refractivity contribution < 1.29 is 14.3 Å². The maximum atomic E-state index is 12.5. The fraction of sp³-hybridized carbons (Fsp3) is 0.222. The number of anilines is 1. The molecule has 0 bridgehead atoms. The molecule has 1 atom stereocenters. The summed E-state index contributed by atoms with van der Waals surface area (Å²) in [5, 5.41) is 3.22. The first-order valence-electron chi connectivity index (χ1n) is 7.55. The van der Waals surface area contributed by atoms with Gasteiger partial charge in [0, 0.05) is 11.3 Å². The molecule has 6 heteroatoms. The van der Waals surface area contributed by atoms with Crippen molar-refractivity contribution in [3.8, 4) is 5.75 Å². The van der Waals surface area contributed by atoms with Gasteiger partial charge < -0.3 is 15.8 Å². The minimum Gasteiger partial charge on any atom is -0.479 e. The van der Waals surface area contributed by atoms with Crippen LogP contribution in [0.3, 0.4) is 0 Å². The topological polar surface area (TPSA) is 81.4 Å². The van der Waals surface area contributed by atoms with Crippen LogP contribution in [0.5, 0.6) is 5.75 Å². The Morgan fingerprint density at radius 2 is 1.92 bits per heavy atom. The lowest BCUT2D eigenvalue weighted by molar-refractivity contribution is -0.122. The number of carbonyl (C=O) groups excluding carboxylic acids is 2. The quantitative estimate of drug-likeness (QED) is 0.839. The molecule has 0 aromatic heterocycles. The third kappa shape index (κ3) is 4.06. The summed E-state index contributed by atoms with van der Waals surface area (Å²) in [5.74, 6) is -0.408. The van der Waals surface area contributed by atoms with Gasteiger partial charge in [-0.3, -0.25) is 9.59 Å². The van der Waals surface area contributed by atoms with Gasteiger partial charge in [0.05, 0.1) is 5.02 Å². The summed E-state index contributed by atoms with van der Waals surface area (Å²) >= 11 is 6.06. The van der Waals surface area contributed by atoms with Crippen LogP contribution in [0.2, 0.25) is 5.02 Å². The van der Waals surface area contributed by atoms with Crippen molar-refractivity contribution in [2.24, 2.45) is 5.73 Å². The normalized spacial score (nSPS) is 11.6. The van der Waals surface area contributed by atoms with E-state index in [4.69, 9.17) is 22.1 Å². The van der Waals surface area contributed by atoms with Crippen molar-refractivity contribution in [2.75, 3.05) is 5.32 Å². The lowest BCUT2D eigenvalue weighted by atomic mass is 10.1. The molecule has 5 nitrogen and oxygen atoms in total. The van der Waals surface area contributed by atoms with Crippen LogP contribution in [0, 0.1) is 6.92 Å². The zero-order chi connectivity index (χ0) is 17.7. The molecule has 0 heterocycles. The Labute approximate surface area is 145 Å². The van der Waals surface area contributed by atoms with Gasteiger partial charge >= 0.3 is 0 Å². The molecule has 2 rings (SSSR count). The van der Waals surface area contributed by atoms with Crippen LogP contribution in [0.4, 0.5) is 5.69 Å². The maximum Gasteiger partial charge on any atom is 0.265 e. The third-order valence-corrected chi connectivity index (χ3v) is 3.94. The average Bonchev–Trinajstić information content (AvgIpc) is 2.55. The summed E-state index contributed by atoms with van der Waals surface area (Å²) in [5.41, 5.74) is 6.84. The molecule has 2 amide bonds. The molecule has 0 aliphatic heterocycles.